The maximum atomic E-state index is 5.84. The Morgan fingerprint density at radius 2 is 2.11 bits per heavy atom. The minimum atomic E-state index is 0.541. The minimum absolute atomic E-state index is 0.541. The maximum Gasteiger partial charge on any atom is 0.123 e. The molecule has 0 aromatic heterocycles. The second kappa shape index (κ2) is 7.51. The summed E-state index contributed by atoms with van der Waals surface area (Å²) in [4.78, 5) is 2.54. The molecule has 3 heteroatoms. The van der Waals surface area contributed by atoms with Crippen molar-refractivity contribution in [3.05, 3.63) is 29.8 Å². The molecule has 2 rings (SSSR count). The maximum absolute atomic E-state index is 5.84. The van der Waals surface area contributed by atoms with E-state index in [0.717, 1.165) is 43.3 Å². The first-order valence-corrected chi connectivity index (χ1v) is 7.46. The van der Waals surface area contributed by atoms with Crippen molar-refractivity contribution in [1.82, 2.24) is 4.90 Å². The smallest absolute Gasteiger partial charge is 0.123 e. The predicted molar refractivity (Wildman–Crippen MR) is 79.3 cm³/mol. The molecule has 3 nitrogen and oxygen atoms in total. The van der Waals surface area contributed by atoms with Gasteiger partial charge in [-0.15, -0.1) is 0 Å². The molecule has 1 aromatic rings. The summed E-state index contributed by atoms with van der Waals surface area (Å²) in [6.45, 7) is 7.12. The fraction of sp³-hybridized carbons (Fsp3) is 0.625. The normalized spacial score (nSPS) is 14.9. The van der Waals surface area contributed by atoms with Gasteiger partial charge in [-0.1, -0.05) is 25.1 Å². The van der Waals surface area contributed by atoms with E-state index >= 15 is 0 Å². The van der Waals surface area contributed by atoms with Crippen molar-refractivity contribution in [2.24, 2.45) is 11.7 Å². The Hall–Kier alpha value is -1.06. The van der Waals surface area contributed by atoms with Gasteiger partial charge in [0.25, 0.3) is 0 Å². The van der Waals surface area contributed by atoms with Gasteiger partial charge in [0, 0.05) is 25.2 Å². The van der Waals surface area contributed by atoms with Gasteiger partial charge in [-0.2, -0.15) is 0 Å². The molecule has 1 saturated carbocycles. The van der Waals surface area contributed by atoms with Crippen LogP contribution < -0.4 is 10.5 Å². The second-order valence-corrected chi connectivity index (χ2v) is 5.35. The van der Waals surface area contributed by atoms with E-state index in [1.54, 1.807) is 0 Å². The van der Waals surface area contributed by atoms with Crippen LogP contribution in [0.25, 0.3) is 0 Å². The van der Waals surface area contributed by atoms with Crippen molar-refractivity contribution >= 4 is 0 Å². The SMILES string of the molecule is CCN(CCCOc1ccccc1CN)CC1CC1. The Kier molecular flexibility index (Phi) is 5.67. The van der Waals surface area contributed by atoms with Crippen LogP contribution in [0, 0.1) is 5.92 Å². The molecular weight excluding hydrogens is 236 g/mol. The number of nitrogens with zero attached hydrogens (tertiary/aromatic N) is 1. The van der Waals surface area contributed by atoms with Crippen molar-refractivity contribution in [3.63, 3.8) is 0 Å². The average Bonchev–Trinajstić information content (AvgIpc) is 3.26. The van der Waals surface area contributed by atoms with E-state index in [1.165, 1.54) is 19.4 Å². The molecule has 1 aromatic carbocycles. The molecule has 0 amide bonds. The van der Waals surface area contributed by atoms with Crippen LogP contribution in [0.5, 0.6) is 5.75 Å². The average molecular weight is 262 g/mol. The summed E-state index contributed by atoms with van der Waals surface area (Å²) in [6.07, 6.45) is 3.94. The van der Waals surface area contributed by atoms with Crippen molar-refractivity contribution in [3.8, 4) is 5.75 Å². The van der Waals surface area contributed by atoms with Crippen LogP contribution in [-0.4, -0.2) is 31.1 Å². The molecule has 1 aliphatic carbocycles. The highest BCUT2D eigenvalue weighted by Crippen LogP contribution is 2.29. The van der Waals surface area contributed by atoms with Crippen LogP contribution in [0.15, 0.2) is 24.3 Å². The monoisotopic (exact) mass is 262 g/mol. The van der Waals surface area contributed by atoms with E-state index in [-0.39, 0.29) is 0 Å². The number of nitrogens with two attached hydrogens (primary N) is 1. The fourth-order valence-electron chi connectivity index (χ4n) is 2.33. The number of ether oxygens (including phenoxy) is 1. The third-order valence-electron chi connectivity index (χ3n) is 3.73. The largest absolute Gasteiger partial charge is 0.493 e. The van der Waals surface area contributed by atoms with Gasteiger partial charge in [0.15, 0.2) is 0 Å². The first-order valence-electron chi connectivity index (χ1n) is 7.46. The number of benzene rings is 1. The molecule has 0 atom stereocenters. The lowest BCUT2D eigenvalue weighted by molar-refractivity contribution is 0.234. The van der Waals surface area contributed by atoms with Crippen molar-refractivity contribution in [1.29, 1.82) is 0 Å². The molecule has 0 bridgehead atoms. The van der Waals surface area contributed by atoms with E-state index in [4.69, 9.17) is 10.5 Å². The van der Waals surface area contributed by atoms with E-state index in [0.29, 0.717) is 6.54 Å². The lowest BCUT2D eigenvalue weighted by Crippen LogP contribution is -2.27. The van der Waals surface area contributed by atoms with E-state index in [1.807, 2.05) is 24.3 Å². The molecule has 19 heavy (non-hydrogen) atoms. The highest BCUT2D eigenvalue weighted by atomic mass is 16.5. The van der Waals surface area contributed by atoms with Crippen LogP contribution in [0.4, 0.5) is 0 Å². The topological polar surface area (TPSA) is 38.5 Å². The van der Waals surface area contributed by atoms with Gasteiger partial charge < -0.3 is 15.4 Å². The van der Waals surface area contributed by atoms with Crippen molar-refractivity contribution in [2.45, 2.75) is 32.7 Å². The van der Waals surface area contributed by atoms with Gasteiger partial charge in [0.05, 0.1) is 6.61 Å². The Morgan fingerprint density at radius 3 is 2.79 bits per heavy atom. The van der Waals surface area contributed by atoms with Crippen molar-refractivity contribution < 1.29 is 4.74 Å². The first kappa shape index (κ1) is 14.4. The highest BCUT2D eigenvalue weighted by molar-refractivity contribution is 5.32. The Labute approximate surface area is 116 Å². The van der Waals surface area contributed by atoms with Crippen LogP contribution >= 0.6 is 0 Å². The van der Waals surface area contributed by atoms with Gasteiger partial charge in [-0.3, -0.25) is 0 Å². The van der Waals surface area contributed by atoms with E-state index in [2.05, 4.69) is 11.8 Å². The number of rotatable bonds is 9. The van der Waals surface area contributed by atoms with Crippen LogP contribution in [0.3, 0.4) is 0 Å². The van der Waals surface area contributed by atoms with Crippen molar-refractivity contribution in [2.75, 3.05) is 26.2 Å². The molecule has 2 N–H and O–H groups in total. The van der Waals surface area contributed by atoms with Crippen LogP contribution in [-0.2, 0) is 6.54 Å². The van der Waals surface area contributed by atoms with E-state index in [9.17, 15) is 0 Å². The van der Waals surface area contributed by atoms with Gasteiger partial charge in [-0.25, -0.2) is 0 Å². The number of hydrogen-bond acceptors (Lipinski definition) is 3. The quantitative estimate of drug-likeness (QED) is 0.695. The van der Waals surface area contributed by atoms with Gasteiger partial charge >= 0.3 is 0 Å². The summed E-state index contributed by atoms with van der Waals surface area (Å²) in [6, 6.07) is 8.04. The molecule has 0 radical (unpaired) electrons. The molecule has 106 valence electrons. The standard InChI is InChI=1S/C16H26N2O/c1-2-18(13-14-8-9-14)10-5-11-19-16-7-4-3-6-15(16)12-17/h3-4,6-7,14H,2,5,8-13,17H2,1H3. The molecule has 0 saturated heterocycles. The third kappa shape index (κ3) is 4.84. The van der Waals surface area contributed by atoms with Crippen LogP contribution in [0.2, 0.25) is 0 Å². The zero-order valence-corrected chi connectivity index (χ0v) is 12.0. The zero-order valence-electron chi connectivity index (χ0n) is 12.0. The predicted octanol–water partition coefficient (Wildman–Crippen LogP) is 2.65. The lowest BCUT2D eigenvalue weighted by atomic mass is 10.2. The summed E-state index contributed by atoms with van der Waals surface area (Å²) in [5, 5.41) is 0. The molecule has 1 aliphatic rings. The lowest BCUT2D eigenvalue weighted by Gasteiger charge is -2.20. The summed E-state index contributed by atoms with van der Waals surface area (Å²) < 4.78 is 5.84. The highest BCUT2D eigenvalue weighted by Gasteiger charge is 2.23. The molecule has 0 unspecified atom stereocenters. The Bertz CT molecular complexity index is 377. The summed E-state index contributed by atoms with van der Waals surface area (Å²) >= 11 is 0. The molecule has 1 fully saturated rings. The first-order chi connectivity index (χ1) is 9.33. The van der Waals surface area contributed by atoms with Crippen LogP contribution in [0.1, 0.15) is 31.7 Å². The van der Waals surface area contributed by atoms with Gasteiger partial charge in [0.1, 0.15) is 5.75 Å². The summed E-state index contributed by atoms with van der Waals surface area (Å²) in [5.74, 6) is 1.91. The number of hydrogen-bond donors (Lipinski definition) is 1. The molecule has 0 heterocycles. The Balaban J connectivity index is 1.67. The molecular formula is C16H26N2O. The third-order valence-corrected chi connectivity index (χ3v) is 3.73. The van der Waals surface area contributed by atoms with Gasteiger partial charge in [0.2, 0.25) is 0 Å². The Morgan fingerprint density at radius 1 is 1.32 bits per heavy atom. The number of para-hydroxylation sites is 1. The summed E-state index contributed by atoms with van der Waals surface area (Å²) in [5.41, 5.74) is 6.79. The second-order valence-electron chi connectivity index (χ2n) is 5.35. The minimum Gasteiger partial charge on any atom is -0.493 e. The molecule has 0 spiro atoms. The van der Waals surface area contributed by atoms with Gasteiger partial charge in [-0.05, 0) is 37.8 Å². The van der Waals surface area contributed by atoms with E-state index < -0.39 is 0 Å². The fourth-order valence-corrected chi connectivity index (χ4v) is 2.33. The summed E-state index contributed by atoms with van der Waals surface area (Å²) in [7, 11) is 0. The zero-order chi connectivity index (χ0) is 13.5. The molecule has 0 aliphatic heterocycles.